The molecule has 0 saturated carbocycles. The number of halogens is 3. The van der Waals surface area contributed by atoms with Gasteiger partial charge >= 0.3 is 6.18 Å². The lowest BCUT2D eigenvalue weighted by Crippen LogP contribution is -2.14. The average Bonchev–Trinajstić information content (AvgIpc) is 3.32. The highest BCUT2D eigenvalue weighted by Crippen LogP contribution is 2.37. The van der Waals surface area contributed by atoms with Crippen LogP contribution in [0.3, 0.4) is 0 Å². The number of rotatable bonds is 7. The highest BCUT2D eigenvalue weighted by atomic mass is 32.1. The van der Waals surface area contributed by atoms with E-state index in [0.717, 1.165) is 29.5 Å². The minimum atomic E-state index is -4.60. The summed E-state index contributed by atoms with van der Waals surface area (Å²) in [5.41, 5.74) is -1.07. The van der Waals surface area contributed by atoms with Crippen molar-refractivity contribution in [1.29, 1.82) is 0 Å². The van der Waals surface area contributed by atoms with Crippen LogP contribution in [-0.2, 0) is 6.18 Å². The van der Waals surface area contributed by atoms with E-state index in [1.807, 2.05) is 6.92 Å². The van der Waals surface area contributed by atoms with Gasteiger partial charge in [-0.25, -0.2) is 15.0 Å². The molecule has 0 bridgehead atoms. The third-order valence-electron chi connectivity index (χ3n) is 4.41. The number of ether oxygens (including phenoxy) is 2. The van der Waals surface area contributed by atoms with E-state index in [1.54, 1.807) is 30.3 Å². The quantitative estimate of drug-likeness (QED) is 0.342. The number of aromatic nitrogens is 3. The van der Waals surface area contributed by atoms with Crippen molar-refractivity contribution in [3.63, 3.8) is 0 Å². The van der Waals surface area contributed by atoms with Crippen molar-refractivity contribution >= 4 is 22.9 Å². The van der Waals surface area contributed by atoms with Crippen molar-refractivity contribution in [2.45, 2.75) is 13.1 Å². The molecule has 1 N–H and O–H groups in total. The molecule has 7 nitrogen and oxygen atoms in total. The first kappa shape index (κ1) is 23.2. The van der Waals surface area contributed by atoms with Crippen molar-refractivity contribution in [1.82, 2.24) is 15.0 Å². The van der Waals surface area contributed by atoms with Gasteiger partial charge in [-0.2, -0.15) is 13.2 Å². The van der Waals surface area contributed by atoms with Crippen LogP contribution < -0.4 is 14.8 Å². The van der Waals surface area contributed by atoms with E-state index in [9.17, 15) is 18.0 Å². The number of alkyl halides is 3. The van der Waals surface area contributed by atoms with Crippen molar-refractivity contribution in [3.8, 4) is 28.1 Å². The van der Waals surface area contributed by atoms with E-state index in [-0.39, 0.29) is 17.1 Å². The van der Waals surface area contributed by atoms with E-state index in [1.165, 1.54) is 17.8 Å². The van der Waals surface area contributed by atoms with Crippen LogP contribution >= 0.6 is 11.3 Å². The first-order valence-corrected chi connectivity index (χ1v) is 10.9. The Kier molecular flexibility index (Phi) is 6.73. The van der Waals surface area contributed by atoms with Crippen LogP contribution in [0, 0.1) is 0 Å². The molecule has 0 aliphatic carbocycles. The van der Waals surface area contributed by atoms with Gasteiger partial charge < -0.3 is 14.8 Å². The Morgan fingerprint density at radius 1 is 1.06 bits per heavy atom. The molecule has 0 spiro atoms. The molecule has 174 valence electrons. The molecule has 0 fully saturated rings. The summed E-state index contributed by atoms with van der Waals surface area (Å²) in [5.74, 6) is 0.653. The molecule has 0 unspecified atom stereocenters. The van der Waals surface area contributed by atoms with Gasteiger partial charge in [0.2, 0.25) is 0 Å². The summed E-state index contributed by atoms with van der Waals surface area (Å²) in [6, 6.07) is 11.1. The molecule has 4 aromatic rings. The molecule has 2 aromatic carbocycles. The van der Waals surface area contributed by atoms with Gasteiger partial charge in [-0.3, -0.25) is 4.79 Å². The molecule has 2 heterocycles. The number of thiazole rings is 1. The predicted octanol–water partition coefficient (Wildman–Crippen LogP) is 6.06. The lowest BCUT2D eigenvalue weighted by molar-refractivity contribution is -0.137. The van der Waals surface area contributed by atoms with Crippen molar-refractivity contribution < 1.29 is 27.4 Å². The van der Waals surface area contributed by atoms with Crippen LogP contribution in [-0.4, -0.2) is 27.5 Å². The first-order chi connectivity index (χ1) is 16.3. The van der Waals surface area contributed by atoms with E-state index >= 15 is 0 Å². The SMILES string of the molecule is CCOc1ccc(Oc2ccc(C(F)(F)F)cc2NC(=O)c2csc(-c3ncccn3)n2)cc1. The average molecular weight is 486 g/mol. The molecule has 0 aliphatic rings. The number of nitrogens with zero attached hydrogens (tertiary/aromatic N) is 3. The van der Waals surface area contributed by atoms with Gasteiger partial charge in [0.15, 0.2) is 16.6 Å². The standard InChI is InChI=1S/C23H17F3N4O3S/c1-2-32-15-5-7-16(8-6-15)33-19-9-4-14(23(24,25)26)12-17(19)29-21(31)18-13-34-22(30-18)20-27-10-3-11-28-20/h3-13H,2H2,1H3,(H,29,31). The number of benzene rings is 2. The zero-order chi connectivity index (χ0) is 24.1. The third kappa shape index (κ3) is 5.49. The Morgan fingerprint density at radius 3 is 2.44 bits per heavy atom. The van der Waals surface area contributed by atoms with Crippen LogP contribution in [0.1, 0.15) is 23.0 Å². The van der Waals surface area contributed by atoms with Gasteiger partial charge in [0, 0.05) is 17.8 Å². The fraction of sp³-hybridized carbons (Fsp3) is 0.130. The van der Waals surface area contributed by atoms with Crippen LogP contribution in [0.5, 0.6) is 17.2 Å². The molecule has 0 atom stereocenters. The highest BCUT2D eigenvalue weighted by molar-refractivity contribution is 7.13. The maximum Gasteiger partial charge on any atom is 0.416 e. The second kappa shape index (κ2) is 9.87. The normalized spacial score (nSPS) is 11.2. The zero-order valence-electron chi connectivity index (χ0n) is 17.7. The van der Waals surface area contributed by atoms with Crippen LogP contribution in [0.2, 0.25) is 0 Å². The van der Waals surface area contributed by atoms with Crippen molar-refractivity contribution in [2.24, 2.45) is 0 Å². The van der Waals surface area contributed by atoms with Crippen LogP contribution in [0.25, 0.3) is 10.8 Å². The lowest BCUT2D eigenvalue weighted by Gasteiger charge is -2.15. The monoisotopic (exact) mass is 486 g/mol. The fourth-order valence-electron chi connectivity index (χ4n) is 2.87. The van der Waals surface area contributed by atoms with E-state index in [2.05, 4.69) is 20.3 Å². The Hall–Kier alpha value is -3.99. The largest absolute Gasteiger partial charge is 0.494 e. The van der Waals surface area contributed by atoms with Gasteiger partial charge in [0.05, 0.1) is 17.9 Å². The molecule has 4 rings (SSSR count). The number of carbonyl (C=O) groups is 1. The Balaban J connectivity index is 1.60. The molecule has 34 heavy (non-hydrogen) atoms. The summed E-state index contributed by atoms with van der Waals surface area (Å²) >= 11 is 1.14. The van der Waals surface area contributed by atoms with Gasteiger partial charge in [-0.15, -0.1) is 11.3 Å². The summed E-state index contributed by atoms with van der Waals surface area (Å²) in [4.78, 5) is 25.1. The van der Waals surface area contributed by atoms with Gasteiger partial charge in [-0.1, -0.05) is 0 Å². The second-order valence-corrected chi connectivity index (χ2v) is 7.64. The van der Waals surface area contributed by atoms with E-state index in [4.69, 9.17) is 9.47 Å². The minimum Gasteiger partial charge on any atom is -0.494 e. The lowest BCUT2D eigenvalue weighted by atomic mass is 10.1. The summed E-state index contributed by atoms with van der Waals surface area (Å²) in [7, 11) is 0. The van der Waals surface area contributed by atoms with Gasteiger partial charge in [-0.05, 0) is 55.5 Å². The number of nitrogens with one attached hydrogen (secondary N) is 1. The number of hydrogen-bond acceptors (Lipinski definition) is 7. The summed E-state index contributed by atoms with van der Waals surface area (Å²) in [6.07, 6.45) is -1.52. The zero-order valence-corrected chi connectivity index (χ0v) is 18.5. The molecule has 11 heteroatoms. The topological polar surface area (TPSA) is 86.2 Å². The Bertz CT molecular complexity index is 1280. The summed E-state index contributed by atoms with van der Waals surface area (Å²) < 4.78 is 51.0. The second-order valence-electron chi connectivity index (χ2n) is 6.78. The first-order valence-electron chi connectivity index (χ1n) is 9.99. The number of carbonyl (C=O) groups excluding carboxylic acids is 1. The van der Waals surface area contributed by atoms with E-state index < -0.39 is 17.6 Å². The molecule has 0 saturated heterocycles. The van der Waals surface area contributed by atoms with Gasteiger partial charge in [0.1, 0.15) is 17.2 Å². The molecular weight excluding hydrogens is 469 g/mol. The van der Waals surface area contributed by atoms with E-state index in [0.29, 0.717) is 28.9 Å². The molecule has 1 amide bonds. The molecule has 2 aromatic heterocycles. The predicted molar refractivity (Wildman–Crippen MR) is 120 cm³/mol. The number of hydrogen-bond donors (Lipinski definition) is 1. The van der Waals surface area contributed by atoms with Crippen molar-refractivity contribution in [3.05, 3.63) is 77.6 Å². The number of amides is 1. The molecule has 0 aliphatic heterocycles. The maximum absolute atomic E-state index is 13.3. The highest BCUT2D eigenvalue weighted by Gasteiger charge is 2.31. The maximum atomic E-state index is 13.3. The van der Waals surface area contributed by atoms with Crippen LogP contribution in [0.4, 0.5) is 18.9 Å². The smallest absolute Gasteiger partial charge is 0.416 e. The summed E-state index contributed by atoms with van der Waals surface area (Å²) in [6.45, 7) is 2.34. The Morgan fingerprint density at radius 2 is 1.76 bits per heavy atom. The number of anilines is 1. The third-order valence-corrected chi connectivity index (χ3v) is 5.25. The molecular formula is C23H17F3N4O3S. The molecule has 0 radical (unpaired) electrons. The summed E-state index contributed by atoms with van der Waals surface area (Å²) in [5, 5.41) is 4.35. The minimum absolute atomic E-state index is 0.0110. The fourth-order valence-corrected chi connectivity index (χ4v) is 3.61. The van der Waals surface area contributed by atoms with Crippen LogP contribution in [0.15, 0.2) is 66.3 Å². The van der Waals surface area contributed by atoms with Crippen molar-refractivity contribution in [2.75, 3.05) is 11.9 Å². The Labute approximate surface area is 196 Å². The van der Waals surface area contributed by atoms with Gasteiger partial charge in [0.25, 0.3) is 5.91 Å².